The summed E-state index contributed by atoms with van der Waals surface area (Å²) >= 11 is 1.49. The molecule has 1 saturated carbocycles. The molecule has 3 rings (SSSR count). The predicted molar refractivity (Wildman–Crippen MR) is 75.1 cm³/mol. The Morgan fingerprint density at radius 1 is 1.58 bits per heavy atom. The zero-order valence-electron chi connectivity index (χ0n) is 10.1. The molecule has 3 N–H and O–H groups in total. The van der Waals surface area contributed by atoms with Crippen molar-refractivity contribution in [2.24, 2.45) is 5.73 Å². The van der Waals surface area contributed by atoms with E-state index in [9.17, 15) is 4.79 Å². The van der Waals surface area contributed by atoms with Crippen molar-refractivity contribution < 1.29 is 9.21 Å². The van der Waals surface area contributed by atoms with E-state index < -0.39 is 5.54 Å². The van der Waals surface area contributed by atoms with Crippen LogP contribution in [0, 0.1) is 0 Å². The molecule has 0 bridgehead atoms. The Morgan fingerprint density at radius 3 is 3.00 bits per heavy atom. The molecule has 0 spiro atoms. The van der Waals surface area contributed by atoms with Crippen LogP contribution in [0.1, 0.15) is 18.5 Å². The number of thiazole rings is 1. The van der Waals surface area contributed by atoms with E-state index in [4.69, 9.17) is 10.2 Å². The number of hydrogen-bond donors (Lipinski definition) is 2. The van der Waals surface area contributed by atoms with Crippen molar-refractivity contribution in [3.63, 3.8) is 0 Å². The van der Waals surface area contributed by atoms with Gasteiger partial charge in [-0.1, -0.05) is 0 Å². The molecular weight excluding hydrogens is 286 g/mol. The highest BCUT2D eigenvalue weighted by molar-refractivity contribution is 7.13. The molecule has 1 fully saturated rings. The standard InChI is InChI=1S/C12H13N3O2S.ClH/c13-12(3-4-12)11(16)14-6-8-7-18-10(15-8)9-2-1-5-17-9;/h1-2,5,7H,3-4,6,13H2,(H,14,16);1H. The summed E-state index contributed by atoms with van der Waals surface area (Å²) < 4.78 is 5.26. The molecule has 5 nitrogen and oxygen atoms in total. The molecule has 0 saturated heterocycles. The molecule has 2 aromatic heterocycles. The van der Waals surface area contributed by atoms with Gasteiger partial charge in [-0.3, -0.25) is 4.79 Å². The van der Waals surface area contributed by atoms with Crippen molar-refractivity contribution in [1.29, 1.82) is 0 Å². The Labute approximate surface area is 120 Å². The molecule has 0 aliphatic heterocycles. The second-order valence-corrected chi connectivity index (χ2v) is 5.32. The van der Waals surface area contributed by atoms with Gasteiger partial charge in [0.25, 0.3) is 0 Å². The van der Waals surface area contributed by atoms with Crippen molar-refractivity contribution in [2.45, 2.75) is 24.9 Å². The van der Waals surface area contributed by atoms with E-state index in [0.717, 1.165) is 29.3 Å². The quantitative estimate of drug-likeness (QED) is 0.904. The van der Waals surface area contributed by atoms with Crippen LogP contribution in [0.3, 0.4) is 0 Å². The van der Waals surface area contributed by atoms with Crippen LogP contribution in [0.5, 0.6) is 0 Å². The summed E-state index contributed by atoms with van der Waals surface area (Å²) in [5, 5.41) is 5.54. The Morgan fingerprint density at radius 2 is 2.37 bits per heavy atom. The predicted octanol–water partition coefficient (Wildman–Crippen LogP) is 1.93. The van der Waals surface area contributed by atoms with Gasteiger partial charge in [-0.2, -0.15) is 0 Å². The van der Waals surface area contributed by atoms with Crippen LogP contribution < -0.4 is 11.1 Å². The number of halogens is 1. The summed E-state index contributed by atoms with van der Waals surface area (Å²) in [6, 6.07) is 3.68. The summed E-state index contributed by atoms with van der Waals surface area (Å²) in [4.78, 5) is 16.1. The lowest BCUT2D eigenvalue weighted by atomic mass is 10.3. The zero-order valence-corrected chi connectivity index (χ0v) is 11.7. The fourth-order valence-electron chi connectivity index (χ4n) is 1.61. The van der Waals surface area contributed by atoms with E-state index in [-0.39, 0.29) is 18.3 Å². The maximum atomic E-state index is 11.7. The molecule has 1 amide bonds. The molecule has 1 aliphatic rings. The second kappa shape index (κ2) is 5.32. The van der Waals surface area contributed by atoms with E-state index in [0.29, 0.717) is 6.54 Å². The van der Waals surface area contributed by atoms with Crippen LogP contribution in [0.4, 0.5) is 0 Å². The minimum absolute atomic E-state index is 0. The van der Waals surface area contributed by atoms with Crippen molar-refractivity contribution in [3.05, 3.63) is 29.5 Å². The van der Waals surface area contributed by atoms with Gasteiger partial charge in [-0.15, -0.1) is 23.7 Å². The van der Waals surface area contributed by atoms with E-state index in [1.165, 1.54) is 11.3 Å². The van der Waals surface area contributed by atoms with Crippen LogP contribution in [0.25, 0.3) is 10.8 Å². The van der Waals surface area contributed by atoms with Gasteiger partial charge >= 0.3 is 0 Å². The summed E-state index contributed by atoms with van der Waals surface area (Å²) in [5.41, 5.74) is 5.99. The van der Waals surface area contributed by atoms with E-state index in [1.54, 1.807) is 6.26 Å². The van der Waals surface area contributed by atoms with Crippen LogP contribution in [0.15, 0.2) is 28.2 Å². The normalized spacial score (nSPS) is 15.6. The van der Waals surface area contributed by atoms with Crippen LogP contribution >= 0.6 is 23.7 Å². The second-order valence-electron chi connectivity index (χ2n) is 4.46. The van der Waals surface area contributed by atoms with Crippen LogP contribution in [0.2, 0.25) is 0 Å². The molecule has 0 aromatic carbocycles. The maximum Gasteiger partial charge on any atom is 0.240 e. The first-order valence-electron chi connectivity index (χ1n) is 5.73. The largest absolute Gasteiger partial charge is 0.462 e. The van der Waals surface area contributed by atoms with Gasteiger partial charge in [0.05, 0.1) is 24.0 Å². The smallest absolute Gasteiger partial charge is 0.240 e. The van der Waals surface area contributed by atoms with E-state index in [1.807, 2.05) is 17.5 Å². The molecule has 2 heterocycles. The fraction of sp³-hybridized carbons (Fsp3) is 0.333. The maximum absolute atomic E-state index is 11.7. The van der Waals surface area contributed by atoms with Crippen molar-refractivity contribution >= 4 is 29.7 Å². The number of nitrogens with one attached hydrogen (secondary N) is 1. The van der Waals surface area contributed by atoms with Gasteiger partial charge in [0, 0.05) is 5.38 Å². The highest BCUT2D eigenvalue weighted by atomic mass is 35.5. The number of aromatic nitrogens is 1. The van der Waals surface area contributed by atoms with Gasteiger partial charge in [0.2, 0.25) is 5.91 Å². The van der Waals surface area contributed by atoms with Gasteiger partial charge in [-0.05, 0) is 25.0 Å². The molecule has 0 atom stereocenters. The summed E-state index contributed by atoms with van der Waals surface area (Å²) in [7, 11) is 0. The van der Waals surface area contributed by atoms with Gasteiger partial charge in [0.1, 0.15) is 0 Å². The molecule has 1 aliphatic carbocycles. The minimum atomic E-state index is -0.625. The van der Waals surface area contributed by atoms with E-state index in [2.05, 4.69) is 10.3 Å². The monoisotopic (exact) mass is 299 g/mol. The van der Waals surface area contributed by atoms with Crippen LogP contribution in [-0.2, 0) is 11.3 Å². The first-order chi connectivity index (χ1) is 8.67. The van der Waals surface area contributed by atoms with Crippen LogP contribution in [-0.4, -0.2) is 16.4 Å². The topological polar surface area (TPSA) is 81.2 Å². The SMILES string of the molecule is Cl.NC1(C(=O)NCc2csc(-c3ccco3)n2)CC1. The number of rotatable bonds is 4. The zero-order chi connectivity index (χ0) is 12.6. The lowest BCUT2D eigenvalue weighted by molar-refractivity contribution is -0.123. The van der Waals surface area contributed by atoms with Crippen molar-refractivity contribution in [1.82, 2.24) is 10.3 Å². The molecule has 102 valence electrons. The number of carbonyl (C=O) groups is 1. The summed E-state index contributed by atoms with van der Waals surface area (Å²) in [6.07, 6.45) is 3.16. The fourth-order valence-corrected chi connectivity index (χ4v) is 2.40. The van der Waals surface area contributed by atoms with Gasteiger partial charge in [-0.25, -0.2) is 4.98 Å². The lowest BCUT2D eigenvalue weighted by Crippen LogP contribution is -2.42. The summed E-state index contributed by atoms with van der Waals surface area (Å²) in [5.74, 6) is 0.658. The highest BCUT2D eigenvalue weighted by Gasteiger charge is 2.45. The first kappa shape index (κ1) is 14.0. The highest BCUT2D eigenvalue weighted by Crippen LogP contribution is 2.32. The first-order valence-corrected chi connectivity index (χ1v) is 6.61. The average molecular weight is 300 g/mol. The molecular formula is C12H14ClN3O2S. The Bertz CT molecular complexity index is 563. The third kappa shape index (κ3) is 2.97. The van der Waals surface area contributed by atoms with Crippen molar-refractivity contribution in [2.75, 3.05) is 0 Å². The molecule has 0 unspecified atom stereocenters. The number of nitrogens with zero attached hydrogens (tertiary/aromatic N) is 1. The minimum Gasteiger partial charge on any atom is -0.462 e. The lowest BCUT2D eigenvalue weighted by Gasteiger charge is -2.08. The Hall–Kier alpha value is -1.37. The number of hydrogen-bond acceptors (Lipinski definition) is 5. The number of amides is 1. The van der Waals surface area contributed by atoms with Gasteiger partial charge < -0.3 is 15.5 Å². The molecule has 19 heavy (non-hydrogen) atoms. The summed E-state index contributed by atoms with van der Waals surface area (Å²) in [6.45, 7) is 0.412. The average Bonchev–Trinajstić information content (AvgIpc) is 2.87. The molecule has 0 radical (unpaired) electrons. The van der Waals surface area contributed by atoms with E-state index >= 15 is 0 Å². The van der Waals surface area contributed by atoms with Crippen molar-refractivity contribution in [3.8, 4) is 10.8 Å². The number of carbonyl (C=O) groups excluding carboxylic acids is 1. The third-order valence-electron chi connectivity index (χ3n) is 2.95. The molecule has 7 heteroatoms. The Balaban J connectivity index is 0.00000133. The molecule has 2 aromatic rings. The number of nitrogens with two attached hydrogens (primary N) is 1. The third-order valence-corrected chi connectivity index (χ3v) is 3.86. The van der Waals surface area contributed by atoms with Gasteiger partial charge in [0.15, 0.2) is 10.8 Å². The Kier molecular flexibility index (Phi) is 3.93. The number of furan rings is 1.